The van der Waals surface area contributed by atoms with Gasteiger partial charge in [0.05, 0.1) is 5.92 Å². The number of amides is 1. The lowest BCUT2D eigenvalue weighted by molar-refractivity contribution is -0.138. The highest BCUT2D eigenvalue weighted by atomic mass is 16.5. The highest BCUT2D eigenvalue weighted by Gasteiger charge is 2.23. The number of hydrogen-bond acceptors (Lipinski definition) is 5. The van der Waals surface area contributed by atoms with Crippen molar-refractivity contribution >= 4 is 23.7 Å². The number of hydrogen-bond donors (Lipinski definition) is 2. The fourth-order valence-corrected chi connectivity index (χ4v) is 2.79. The number of esters is 1. The molecular formula is C22H25NO6. The number of carboxylic acids is 1. The standard InChI is InChI=1S/C22H25NO6/c1-3-8-20(24)29-16-11-12-19(18(13-16)17(4-2)21(25)26)23-22(27)28-14-15-9-6-5-7-10-15/h5-7,9-13,17H,3-4,8,14H2,1-2H3,(H,23,27)(H,25,26). The second-order valence-electron chi connectivity index (χ2n) is 6.46. The Morgan fingerprint density at radius 1 is 1.07 bits per heavy atom. The van der Waals surface area contributed by atoms with E-state index in [1.165, 1.54) is 18.2 Å². The van der Waals surface area contributed by atoms with Crippen LogP contribution in [0.5, 0.6) is 5.75 Å². The maximum absolute atomic E-state index is 12.2. The number of benzene rings is 2. The van der Waals surface area contributed by atoms with Crippen molar-refractivity contribution in [2.75, 3.05) is 5.32 Å². The number of ether oxygens (including phenoxy) is 2. The average Bonchev–Trinajstić information content (AvgIpc) is 2.69. The van der Waals surface area contributed by atoms with E-state index in [2.05, 4.69) is 5.32 Å². The minimum Gasteiger partial charge on any atom is -0.481 e. The van der Waals surface area contributed by atoms with E-state index >= 15 is 0 Å². The number of carboxylic acid groups (broad SMARTS) is 1. The summed E-state index contributed by atoms with van der Waals surface area (Å²) < 4.78 is 10.5. The summed E-state index contributed by atoms with van der Waals surface area (Å²) in [6, 6.07) is 13.7. The van der Waals surface area contributed by atoms with Crippen molar-refractivity contribution in [1.29, 1.82) is 0 Å². The van der Waals surface area contributed by atoms with Crippen molar-refractivity contribution in [3.05, 3.63) is 59.7 Å². The molecule has 0 bridgehead atoms. The Balaban J connectivity index is 2.18. The molecule has 7 heteroatoms. The SMILES string of the molecule is CCCC(=O)Oc1ccc(NC(=O)OCc2ccccc2)c(C(CC)C(=O)O)c1. The van der Waals surface area contributed by atoms with Crippen LogP contribution >= 0.6 is 0 Å². The Hall–Kier alpha value is -3.35. The molecule has 0 fully saturated rings. The maximum Gasteiger partial charge on any atom is 0.411 e. The van der Waals surface area contributed by atoms with Gasteiger partial charge in [0.15, 0.2) is 0 Å². The van der Waals surface area contributed by atoms with Gasteiger partial charge in [0.25, 0.3) is 0 Å². The van der Waals surface area contributed by atoms with Crippen molar-refractivity contribution < 1.29 is 29.0 Å². The molecule has 29 heavy (non-hydrogen) atoms. The Kier molecular flexibility index (Phi) is 8.21. The van der Waals surface area contributed by atoms with Crippen molar-refractivity contribution in [1.82, 2.24) is 0 Å². The minimum atomic E-state index is -1.04. The summed E-state index contributed by atoms with van der Waals surface area (Å²) in [5, 5.41) is 12.1. The van der Waals surface area contributed by atoms with Crippen LogP contribution < -0.4 is 10.1 Å². The van der Waals surface area contributed by atoms with Crippen molar-refractivity contribution in [3.63, 3.8) is 0 Å². The monoisotopic (exact) mass is 399 g/mol. The molecule has 0 radical (unpaired) electrons. The third kappa shape index (κ3) is 6.64. The van der Waals surface area contributed by atoms with Gasteiger partial charge in [0.1, 0.15) is 12.4 Å². The third-order valence-electron chi connectivity index (χ3n) is 4.24. The second-order valence-corrected chi connectivity index (χ2v) is 6.46. The fraction of sp³-hybridized carbons (Fsp3) is 0.318. The largest absolute Gasteiger partial charge is 0.481 e. The molecule has 7 nitrogen and oxygen atoms in total. The average molecular weight is 399 g/mol. The lowest BCUT2D eigenvalue weighted by Crippen LogP contribution is -2.18. The van der Waals surface area contributed by atoms with Gasteiger partial charge >= 0.3 is 18.0 Å². The summed E-state index contributed by atoms with van der Waals surface area (Å²) in [7, 11) is 0. The number of anilines is 1. The summed E-state index contributed by atoms with van der Waals surface area (Å²) in [5.74, 6) is -2.07. The Morgan fingerprint density at radius 2 is 1.79 bits per heavy atom. The Labute approximate surface area is 169 Å². The molecule has 1 atom stereocenters. The molecule has 0 aliphatic heterocycles. The Bertz CT molecular complexity index is 850. The van der Waals surface area contributed by atoms with E-state index in [0.717, 1.165) is 5.56 Å². The molecule has 2 aromatic carbocycles. The molecule has 0 aliphatic carbocycles. The quantitative estimate of drug-likeness (QED) is 0.467. The number of aliphatic carboxylic acids is 1. The van der Waals surface area contributed by atoms with Crippen molar-refractivity contribution in [2.24, 2.45) is 0 Å². The van der Waals surface area contributed by atoms with Crippen LogP contribution in [0, 0.1) is 0 Å². The van der Waals surface area contributed by atoms with Gasteiger partial charge in [0, 0.05) is 12.1 Å². The molecule has 2 aromatic rings. The molecule has 0 aromatic heterocycles. The van der Waals surface area contributed by atoms with Crippen LogP contribution in [-0.2, 0) is 20.9 Å². The van der Waals surface area contributed by atoms with Crippen LogP contribution in [0.4, 0.5) is 10.5 Å². The van der Waals surface area contributed by atoms with E-state index in [1.54, 1.807) is 6.92 Å². The van der Waals surface area contributed by atoms with Crippen LogP contribution in [0.15, 0.2) is 48.5 Å². The molecule has 1 unspecified atom stereocenters. The second kappa shape index (κ2) is 10.8. The van der Waals surface area contributed by atoms with E-state index in [1.807, 2.05) is 37.3 Å². The lowest BCUT2D eigenvalue weighted by Gasteiger charge is -2.17. The molecule has 0 aliphatic rings. The zero-order valence-electron chi connectivity index (χ0n) is 16.5. The predicted molar refractivity (Wildman–Crippen MR) is 108 cm³/mol. The molecule has 0 heterocycles. The zero-order valence-corrected chi connectivity index (χ0v) is 16.5. The third-order valence-corrected chi connectivity index (χ3v) is 4.24. The first-order valence-corrected chi connectivity index (χ1v) is 9.49. The summed E-state index contributed by atoms with van der Waals surface area (Å²) in [6.07, 6.45) is 0.504. The van der Waals surface area contributed by atoms with Crippen LogP contribution in [0.2, 0.25) is 0 Å². The van der Waals surface area contributed by atoms with E-state index in [-0.39, 0.29) is 18.8 Å². The van der Waals surface area contributed by atoms with Gasteiger partial charge in [-0.05, 0) is 42.2 Å². The number of carbonyl (C=O) groups is 3. The normalized spacial score (nSPS) is 11.4. The van der Waals surface area contributed by atoms with Gasteiger partial charge in [-0.15, -0.1) is 0 Å². The van der Waals surface area contributed by atoms with Gasteiger partial charge in [-0.2, -0.15) is 0 Å². The van der Waals surface area contributed by atoms with E-state index < -0.39 is 23.9 Å². The predicted octanol–water partition coefficient (Wildman–Crippen LogP) is 4.72. The number of nitrogens with one attached hydrogen (secondary N) is 1. The first kappa shape index (κ1) is 21.9. The molecular weight excluding hydrogens is 374 g/mol. The molecule has 0 saturated carbocycles. The van der Waals surface area contributed by atoms with Crippen molar-refractivity contribution in [3.8, 4) is 5.75 Å². The summed E-state index contributed by atoms with van der Waals surface area (Å²) >= 11 is 0. The molecule has 154 valence electrons. The maximum atomic E-state index is 12.2. The van der Waals surface area contributed by atoms with Crippen LogP contribution in [0.1, 0.15) is 50.2 Å². The number of carbonyl (C=O) groups excluding carboxylic acids is 2. The van der Waals surface area contributed by atoms with Crippen LogP contribution in [-0.4, -0.2) is 23.1 Å². The molecule has 1 amide bonds. The van der Waals surface area contributed by atoms with Crippen LogP contribution in [0.25, 0.3) is 0 Å². The van der Waals surface area contributed by atoms with Crippen LogP contribution in [0.3, 0.4) is 0 Å². The number of rotatable bonds is 9. The summed E-state index contributed by atoms with van der Waals surface area (Å²) in [4.78, 5) is 35.6. The summed E-state index contributed by atoms with van der Waals surface area (Å²) in [5.41, 5.74) is 1.48. The minimum absolute atomic E-state index is 0.0882. The van der Waals surface area contributed by atoms with Gasteiger partial charge in [-0.25, -0.2) is 4.79 Å². The highest BCUT2D eigenvalue weighted by Crippen LogP contribution is 2.31. The molecule has 2 rings (SSSR count). The lowest BCUT2D eigenvalue weighted by atomic mass is 9.94. The van der Waals surface area contributed by atoms with E-state index in [4.69, 9.17) is 9.47 Å². The first-order chi connectivity index (χ1) is 13.9. The molecule has 2 N–H and O–H groups in total. The van der Waals surface area contributed by atoms with Gasteiger partial charge < -0.3 is 14.6 Å². The van der Waals surface area contributed by atoms with Crippen molar-refractivity contribution in [2.45, 2.75) is 45.6 Å². The highest BCUT2D eigenvalue weighted by molar-refractivity contribution is 5.88. The fourth-order valence-electron chi connectivity index (χ4n) is 2.79. The molecule has 0 spiro atoms. The van der Waals surface area contributed by atoms with Gasteiger partial charge in [-0.3, -0.25) is 14.9 Å². The zero-order chi connectivity index (χ0) is 21.2. The van der Waals surface area contributed by atoms with E-state index in [0.29, 0.717) is 24.1 Å². The topological polar surface area (TPSA) is 102 Å². The van der Waals surface area contributed by atoms with Gasteiger partial charge in [-0.1, -0.05) is 44.2 Å². The smallest absolute Gasteiger partial charge is 0.411 e. The molecule has 0 saturated heterocycles. The first-order valence-electron chi connectivity index (χ1n) is 9.49. The Morgan fingerprint density at radius 3 is 2.41 bits per heavy atom. The van der Waals surface area contributed by atoms with E-state index in [9.17, 15) is 19.5 Å². The van der Waals surface area contributed by atoms with Gasteiger partial charge in [0.2, 0.25) is 0 Å². The summed E-state index contributed by atoms with van der Waals surface area (Å²) in [6.45, 7) is 3.68.